The van der Waals surface area contributed by atoms with Gasteiger partial charge >= 0.3 is 5.97 Å². The van der Waals surface area contributed by atoms with Crippen molar-refractivity contribution in [1.82, 2.24) is 5.32 Å². The fourth-order valence-corrected chi connectivity index (χ4v) is 1.87. The Morgan fingerprint density at radius 1 is 1.43 bits per heavy atom. The number of aliphatic carboxylic acids is 1. The van der Waals surface area contributed by atoms with Crippen LogP contribution in [0.15, 0.2) is 18.2 Å². The van der Waals surface area contributed by atoms with Crippen LogP contribution in [0, 0.1) is 12.8 Å². The predicted molar refractivity (Wildman–Crippen MR) is 80.7 cm³/mol. The molecule has 0 aromatic heterocycles. The Morgan fingerprint density at radius 3 is 2.62 bits per heavy atom. The first-order valence-corrected chi connectivity index (χ1v) is 7.14. The lowest BCUT2D eigenvalue weighted by molar-refractivity contribution is -0.143. The summed E-state index contributed by atoms with van der Waals surface area (Å²) >= 11 is 5.90. The van der Waals surface area contributed by atoms with Crippen LogP contribution in [0.3, 0.4) is 0 Å². The first-order chi connectivity index (χ1) is 9.85. The first-order valence-electron chi connectivity index (χ1n) is 6.76. The SMILES string of the molecule is CC[C@H](C)[C@H](NC(=O)COc1ccc(Cl)c(C)c1)C(=O)O. The number of nitrogens with one attached hydrogen (secondary N) is 1. The van der Waals surface area contributed by atoms with Crippen LogP contribution in [0.1, 0.15) is 25.8 Å². The number of aryl methyl sites for hydroxylation is 1. The number of carboxylic acids is 1. The molecule has 21 heavy (non-hydrogen) atoms. The highest BCUT2D eigenvalue weighted by Crippen LogP contribution is 2.20. The van der Waals surface area contributed by atoms with E-state index in [2.05, 4.69) is 5.32 Å². The molecule has 1 aromatic carbocycles. The van der Waals surface area contributed by atoms with Gasteiger partial charge in [-0.05, 0) is 36.6 Å². The highest BCUT2D eigenvalue weighted by Gasteiger charge is 2.25. The van der Waals surface area contributed by atoms with E-state index in [1.54, 1.807) is 25.1 Å². The van der Waals surface area contributed by atoms with Gasteiger partial charge in [-0.2, -0.15) is 0 Å². The minimum Gasteiger partial charge on any atom is -0.484 e. The van der Waals surface area contributed by atoms with Crippen molar-refractivity contribution in [2.24, 2.45) is 5.92 Å². The summed E-state index contributed by atoms with van der Waals surface area (Å²) in [5, 5.41) is 12.2. The topological polar surface area (TPSA) is 75.6 Å². The lowest BCUT2D eigenvalue weighted by atomic mass is 9.99. The average molecular weight is 314 g/mol. The zero-order valence-electron chi connectivity index (χ0n) is 12.4. The molecule has 5 nitrogen and oxygen atoms in total. The van der Waals surface area contributed by atoms with Gasteiger partial charge in [-0.3, -0.25) is 4.79 Å². The van der Waals surface area contributed by atoms with Crippen molar-refractivity contribution in [2.75, 3.05) is 6.61 Å². The fourth-order valence-electron chi connectivity index (χ4n) is 1.75. The van der Waals surface area contributed by atoms with Crippen LogP contribution >= 0.6 is 11.6 Å². The van der Waals surface area contributed by atoms with Crippen LogP contribution in [0.5, 0.6) is 5.75 Å². The van der Waals surface area contributed by atoms with Crippen LogP contribution in [-0.4, -0.2) is 29.6 Å². The van der Waals surface area contributed by atoms with Gasteiger partial charge in [-0.15, -0.1) is 0 Å². The van der Waals surface area contributed by atoms with Crippen LogP contribution in [-0.2, 0) is 9.59 Å². The molecule has 0 radical (unpaired) electrons. The standard InChI is InChI=1S/C15H20ClNO4/c1-4-9(2)14(15(19)20)17-13(18)8-21-11-5-6-12(16)10(3)7-11/h5-7,9,14H,4,8H2,1-3H3,(H,17,18)(H,19,20)/t9-,14-/m0/s1. The molecule has 0 spiro atoms. The lowest BCUT2D eigenvalue weighted by Gasteiger charge is -2.20. The third-order valence-electron chi connectivity index (χ3n) is 3.29. The maximum atomic E-state index is 11.8. The van der Waals surface area contributed by atoms with Crippen molar-refractivity contribution in [3.8, 4) is 5.75 Å². The Morgan fingerprint density at radius 2 is 2.10 bits per heavy atom. The fraction of sp³-hybridized carbons (Fsp3) is 0.467. The second kappa shape index (κ2) is 7.88. The molecule has 0 aliphatic heterocycles. The summed E-state index contributed by atoms with van der Waals surface area (Å²) in [6.45, 7) is 5.25. The number of hydrogen-bond donors (Lipinski definition) is 2. The average Bonchev–Trinajstić information content (AvgIpc) is 2.44. The monoisotopic (exact) mass is 313 g/mol. The summed E-state index contributed by atoms with van der Waals surface area (Å²) in [7, 11) is 0. The molecule has 0 saturated carbocycles. The zero-order valence-corrected chi connectivity index (χ0v) is 13.1. The van der Waals surface area contributed by atoms with Gasteiger partial charge in [-0.25, -0.2) is 4.79 Å². The summed E-state index contributed by atoms with van der Waals surface area (Å²) in [6.07, 6.45) is 0.661. The smallest absolute Gasteiger partial charge is 0.326 e. The van der Waals surface area contributed by atoms with E-state index in [1.165, 1.54) is 0 Å². The third kappa shape index (κ3) is 5.27. The maximum absolute atomic E-state index is 11.8. The minimum absolute atomic E-state index is 0.149. The van der Waals surface area contributed by atoms with E-state index in [9.17, 15) is 9.59 Å². The van der Waals surface area contributed by atoms with Crippen molar-refractivity contribution in [2.45, 2.75) is 33.2 Å². The molecule has 2 N–H and O–H groups in total. The van der Waals surface area contributed by atoms with Gasteiger partial charge in [0.05, 0.1) is 0 Å². The van der Waals surface area contributed by atoms with Crippen molar-refractivity contribution in [3.05, 3.63) is 28.8 Å². The molecule has 0 unspecified atom stereocenters. The summed E-state index contributed by atoms with van der Waals surface area (Å²) in [5.41, 5.74) is 0.845. The van der Waals surface area contributed by atoms with Crippen molar-refractivity contribution < 1.29 is 19.4 Å². The summed E-state index contributed by atoms with van der Waals surface area (Å²) < 4.78 is 5.33. The van der Waals surface area contributed by atoms with Crippen LogP contribution in [0.25, 0.3) is 0 Å². The number of carbonyl (C=O) groups is 2. The molecule has 0 heterocycles. The number of benzene rings is 1. The van der Waals surface area contributed by atoms with Crippen LogP contribution in [0.2, 0.25) is 5.02 Å². The lowest BCUT2D eigenvalue weighted by Crippen LogP contribution is -2.46. The molecule has 116 valence electrons. The van der Waals surface area contributed by atoms with Gasteiger partial charge in [0.2, 0.25) is 0 Å². The second-order valence-corrected chi connectivity index (χ2v) is 5.38. The van der Waals surface area contributed by atoms with Crippen LogP contribution in [0.4, 0.5) is 0 Å². The molecule has 0 aliphatic rings. The molecule has 2 atom stereocenters. The minimum atomic E-state index is -1.04. The van der Waals surface area contributed by atoms with E-state index in [4.69, 9.17) is 21.4 Å². The molecule has 1 aromatic rings. The van der Waals surface area contributed by atoms with Crippen molar-refractivity contribution in [1.29, 1.82) is 0 Å². The van der Waals surface area contributed by atoms with Gasteiger partial charge in [0, 0.05) is 5.02 Å². The quantitative estimate of drug-likeness (QED) is 0.811. The third-order valence-corrected chi connectivity index (χ3v) is 3.72. The van der Waals surface area contributed by atoms with E-state index in [0.29, 0.717) is 17.2 Å². The number of amides is 1. The Hall–Kier alpha value is -1.75. The first kappa shape index (κ1) is 17.3. The van der Waals surface area contributed by atoms with E-state index in [0.717, 1.165) is 5.56 Å². The predicted octanol–water partition coefficient (Wildman–Crippen LogP) is 2.64. The normalized spacial score (nSPS) is 13.3. The molecular formula is C15H20ClNO4. The molecular weight excluding hydrogens is 294 g/mol. The molecule has 6 heteroatoms. The van der Waals surface area contributed by atoms with Gasteiger partial charge in [0.1, 0.15) is 11.8 Å². The molecule has 1 amide bonds. The largest absolute Gasteiger partial charge is 0.484 e. The number of carbonyl (C=O) groups excluding carboxylic acids is 1. The maximum Gasteiger partial charge on any atom is 0.326 e. The summed E-state index contributed by atoms with van der Waals surface area (Å²) in [4.78, 5) is 22.9. The Balaban J connectivity index is 2.56. The summed E-state index contributed by atoms with van der Waals surface area (Å²) in [5.74, 6) is -1.14. The number of ether oxygens (including phenoxy) is 1. The molecule has 0 bridgehead atoms. The number of hydrogen-bond acceptors (Lipinski definition) is 3. The van der Waals surface area contributed by atoms with Crippen molar-refractivity contribution in [3.63, 3.8) is 0 Å². The number of halogens is 1. The molecule has 0 aliphatic carbocycles. The Labute approximate surface area is 129 Å². The van der Waals surface area contributed by atoms with E-state index in [1.807, 2.05) is 13.8 Å². The van der Waals surface area contributed by atoms with Gasteiger partial charge < -0.3 is 15.2 Å². The van der Waals surface area contributed by atoms with E-state index >= 15 is 0 Å². The van der Waals surface area contributed by atoms with E-state index < -0.39 is 17.9 Å². The van der Waals surface area contributed by atoms with Gasteiger partial charge in [-0.1, -0.05) is 31.9 Å². The second-order valence-electron chi connectivity index (χ2n) is 4.97. The number of carboxylic acid groups (broad SMARTS) is 1. The summed E-state index contributed by atoms with van der Waals surface area (Å²) in [6, 6.07) is 4.16. The van der Waals surface area contributed by atoms with Gasteiger partial charge in [0.15, 0.2) is 6.61 Å². The van der Waals surface area contributed by atoms with E-state index in [-0.39, 0.29) is 12.5 Å². The van der Waals surface area contributed by atoms with Crippen molar-refractivity contribution >= 4 is 23.5 Å². The van der Waals surface area contributed by atoms with Gasteiger partial charge in [0.25, 0.3) is 5.91 Å². The Bertz CT molecular complexity index is 518. The zero-order chi connectivity index (χ0) is 16.0. The molecule has 0 saturated heterocycles. The number of rotatable bonds is 7. The Kier molecular flexibility index (Phi) is 6.49. The molecule has 1 rings (SSSR count). The molecule has 0 fully saturated rings. The highest BCUT2D eigenvalue weighted by atomic mass is 35.5. The van der Waals surface area contributed by atoms with Crippen LogP contribution < -0.4 is 10.1 Å². The highest BCUT2D eigenvalue weighted by molar-refractivity contribution is 6.31.